The Kier molecular flexibility index (Phi) is 42.8. The lowest BCUT2D eigenvalue weighted by atomic mass is 10.0. The van der Waals surface area contributed by atoms with Gasteiger partial charge in [0, 0.05) is 6.42 Å². The van der Waals surface area contributed by atoms with Gasteiger partial charge < -0.3 is 20.3 Å². The van der Waals surface area contributed by atoms with Crippen LogP contribution in [0.4, 0.5) is 0 Å². The Morgan fingerprint density at radius 2 is 0.948 bits per heavy atom. The Morgan fingerprint density at radius 1 is 0.517 bits per heavy atom. The highest BCUT2D eigenvalue weighted by Crippen LogP contribution is 2.16. The summed E-state index contributed by atoms with van der Waals surface area (Å²) in [5, 5.41) is 23.6. The Balaban J connectivity index is 4.74. The zero-order valence-corrected chi connectivity index (χ0v) is 37.6. The molecule has 0 aliphatic heterocycles. The van der Waals surface area contributed by atoms with E-state index >= 15 is 0 Å². The maximum atomic E-state index is 13.1. The van der Waals surface area contributed by atoms with Crippen LogP contribution in [-0.4, -0.2) is 46.9 Å². The largest absolute Gasteiger partial charge is 0.462 e. The zero-order chi connectivity index (χ0) is 42.4. The molecular weight excluding hydrogens is 719 g/mol. The van der Waals surface area contributed by atoms with Gasteiger partial charge in [0.2, 0.25) is 5.91 Å². The lowest BCUT2D eigenvalue weighted by Gasteiger charge is -2.24. The van der Waals surface area contributed by atoms with Gasteiger partial charge in [0.25, 0.3) is 0 Å². The van der Waals surface area contributed by atoms with Crippen molar-refractivity contribution in [2.24, 2.45) is 0 Å². The SMILES string of the molecule is CC/C=C/C=C/C=C\C=C/C=C/CCCC(CC(=O)NC(CO)C(O)CCCCCCCCCCCCC)OC(=O)CCCCCCCC/C=C/C=C/CCCCC. The van der Waals surface area contributed by atoms with Crippen molar-refractivity contribution in [3.8, 4) is 0 Å². The molecule has 0 saturated carbocycles. The minimum absolute atomic E-state index is 0.0197. The topological polar surface area (TPSA) is 95.9 Å². The summed E-state index contributed by atoms with van der Waals surface area (Å²) in [7, 11) is 0. The first-order valence-electron chi connectivity index (χ1n) is 23.9. The summed E-state index contributed by atoms with van der Waals surface area (Å²) in [4.78, 5) is 26.0. The van der Waals surface area contributed by atoms with Crippen LogP contribution in [0.3, 0.4) is 0 Å². The van der Waals surface area contributed by atoms with E-state index < -0.39 is 18.2 Å². The van der Waals surface area contributed by atoms with Crippen molar-refractivity contribution in [2.45, 2.75) is 225 Å². The number of amides is 1. The predicted octanol–water partition coefficient (Wildman–Crippen LogP) is 14.0. The monoisotopic (exact) mass is 808 g/mol. The average molecular weight is 808 g/mol. The summed E-state index contributed by atoms with van der Waals surface area (Å²) in [6.07, 6.45) is 57.8. The van der Waals surface area contributed by atoms with Gasteiger partial charge in [-0.25, -0.2) is 0 Å². The molecule has 58 heavy (non-hydrogen) atoms. The molecule has 3 N–H and O–H groups in total. The van der Waals surface area contributed by atoms with E-state index in [1.54, 1.807) is 0 Å². The number of ether oxygens (including phenoxy) is 1. The first-order chi connectivity index (χ1) is 28.5. The number of unbranched alkanes of at least 4 members (excludes halogenated alkanes) is 20. The van der Waals surface area contributed by atoms with Gasteiger partial charge in [-0.1, -0.05) is 215 Å². The number of rotatable bonds is 41. The third-order valence-corrected chi connectivity index (χ3v) is 10.4. The van der Waals surface area contributed by atoms with Crippen molar-refractivity contribution in [1.82, 2.24) is 5.32 Å². The molecule has 6 nitrogen and oxygen atoms in total. The molecule has 3 unspecified atom stereocenters. The van der Waals surface area contributed by atoms with Crippen LogP contribution >= 0.6 is 0 Å². The van der Waals surface area contributed by atoms with Crippen LogP contribution < -0.4 is 5.32 Å². The Morgan fingerprint density at radius 3 is 1.50 bits per heavy atom. The fourth-order valence-electron chi connectivity index (χ4n) is 6.74. The molecule has 0 rings (SSSR count). The minimum atomic E-state index is -0.811. The molecular formula is C52H89NO5. The molecule has 0 fully saturated rings. The number of aliphatic hydroxyl groups excluding tert-OH is 2. The van der Waals surface area contributed by atoms with Crippen LogP contribution in [0.5, 0.6) is 0 Å². The van der Waals surface area contributed by atoms with E-state index in [1.807, 2.05) is 48.6 Å². The number of esters is 1. The van der Waals surface area contributed by atoms with Gasteiger partial charge in [-0.3, -0.25) is 9.59 Å². The number of aliphatic hydroxyl groups is 2. The third kappa shape index (κ3) is 39.8. The molecule has 0 aromatic carbocycles. The molecule has 0 aliphatic carbocycles. The lowest BCUT2D eigenvalue weighted by molar-refractivity contribution is -0.151. The molecule has 0 spiro atoms. The van der Waals surface area contributed by atoms with Gasteiger partial charge in [-0.2, -0.15) is 0 Å². The van der Waals surface area contributed by atoms with E-state index in [9.17, 15) is 19.8 Å². The first kappa shape index (κ1) is 55.0. The summed E-state index contributed by atoms with van der Waals surface area (Å²) < 4.78 is 5.87. The molecule has 0 bridgehead atoms. The molecule has 0 aromatic heterocycles. The van der Waals surface area contributed by atoms with Gasteiger partial charge >= 0.3 is 5.97 Å². The molecule has 1 amide bonds. The minimum Gasteiger partial charge on any atom is -0.462 e. The van der Waals surface area contributed by atoms with E-state index in [1.165, 1.54) is 96.3 Å². The van der Waals surface area contributed by atoms with E-state index in [4.69, 9.17) is 4.74 Å². The molecule has 0 radical (unpaired) electrons. The van der Waals surface area contributed by atoms with Crippen molar-refractivity contribution >= 4 is 11.9 Å². The highest BCUT2D eigenvalue weighted by molar-refractivity contribution is 5.77. The highest BCUT2D eigenvalue weighted by atomic mass is 16.5. The lowest BCUT2D eigenvalue weighted by Crippen LogP contribution is -2.46. The second-order valence-electron chi connectivity index (χ2n) is 15.9. The quantitative estimate of drug-likeness (QED) is 0.0325. The molecule has 332 valence electrons. The number of allylic oxidation sites excluding steroid dienone is 14. The van der Waals surface area contributed by atoms with Crippen molar-refractivity contribution < 1.29 is 24.5 Å². The number of hydrogen-bond donors (Lipinski definition) is 3. The van der Waals surface area contributed by atoms with Gasteiger partial charge in [-0.05, 0) is 64.2 Å². The predicted molar refractivity (Wildman–Crippen MR) is 250 cm³/mol. The molecule has 0 saturated heterocycles. The van der Waals surface area contributed by atoms with E-state index in [0.29, 0.717) is 19.3 Å². The maximum Gasteiger partial charge on any atom is 0.306 e. The molecule has 0 heterocycles. The summed E-state index contributed by atoms with van der Waals surface area (Å²) in [5.41, 5.74) is 0. The van der Waals surface area contributed by atoms with E-state index in [-0.39, 0.29) is 24.9 Å². The normalized spacial score (nSPS) is 14.1. The van der Waals surface area contributed by atoms with Crippen LogP contribution in [0.1, 0.15) is 207 Å². The molecule has 3 atom stereocenters. The molecule has 6 heteroatoms. The fourth-order valence-corrected chi connectivity index (χ4v) is 6.74. The second-order valence-corrected chi connectivity index (χ2v) is 15.9. The van der Waals surface area contributed by atoms with Crippen molar-refractivity contribution in [3.63, 3.8) is 0 Å². The Labute approximate surface area is 357 Å². The first-order valence-corrected chi connectivity index (χ1v) is 23.9. The van der Waals surface area contributed by atoms with Gasteiger partial charge in [0.15, 0.2) is 0 Å². The summed E-state index contributed by atoms with van der Waals surface area (Å²) >= 11 is 0. The standard InChI is InChI=1S/C52H89NO5/c1-4-7-10-13-16-19-22-24-25-27-30-33-36-39-42-45-52(57)58-48(43-40-37-34-31-29-26-23-20-17-14-11-8-5-2)46-51(56)53-49(47-54)50(55)44-41-38-35-32-28-21-18-15-12-9-6-3/h8,11,14,16-17,19-20,22-24,26,29,31,34,48-50,54-55H,4-7,9-10,12-13,15,18,21,25,27-28,30,32-33,35-47H2,1-3H3,(H,53,56)/b11-8+,17-14+,19-16+,23-20-,24-22+,29-26-,34-31+. The van der Waals surface area contributed by atoms with Crippen LogP contribution in [0.25, 0.3) is 0 Å². The number of carbonyl (C=O) groups is 2. The van der Waals surface area contributed by atoms with Gasteiger partial charge in [-0.15, -0.1) is 0 Å². The van der Waals surface area contributed by atoms with E-state index in [2.05, 4.69) is 62.5 Å². The highest BCUT2D eigenvalue weighted by Gasteiger charge is 2.24. The zero-order valence-electron chi connectivity index (χ0n) is 37.6. The van der Waals surface area contributed by atoms with Crippen LogP contribution in [0, 0.1) is 0 Å². The van der Waals surface area contributed by atoms with Crippen molar-refractivity contribution in [1.29, 1.82) is 0 Å². The third-order valence-electron chi connectivity index (χ3n) is 10.4. The van der Waals surface area contributed by atoms with Crippen LogP contribution in [-0.2, 0) is 14.3 Å². The Hall–Kier alpha value is -2.96. The fraction of sp³-hybridized carbons (Fsp3) is 0.692. The smallest absolute Gasteiger partial charge is 0.306 e. The van der Waals surface area contributed by atoms with Gasteiger partial charge in [0.1, 0.15) is 6.10 Å². The second kappa shape index (κ2) is 45.1. The summed E-state index contributed by atoms with van der Waals surface area (Å²) in [5.74, 6) is -0.567. The number of hydrogen-bond acceptors (Lipinski definition) is 5. The van der Waals surface area contributed by atoms with Crippen LogP contribution in [0.2, 0.25) is 0 Å². The van der Waals surface area contributed by atoms with Crippen molar-refractivity contribution in [3.05, 3.63) is 85.1 Å². The molecule has 0 aliphatic rings. The maximum absolute atomic E-state index is 13.1. The summed E-state index contributed by atoms with van der Waals surface area (Å²) in [6, 6.07) is -0.729. The van der Waals surface area contributed by atoms with E-state index in [0.717, 1.165) is 64.2 Å². The van der Waals surface area contributed by atoms with Crippen molar-refractivity contribution in [2.75, 3.05) is 6.61 Å². The van der Waals surface area contributed by atoms with Crippen LogP contribution in [0.15, 0.2) is 85.1 Å². The number of nitrogens with one attached hydrogen (secondary N) is 1. The number of carbonyl (C=O) groups excluding carboxylic acids is 2. The Bertz CT molecular complexity index is 1130. The van der Waals surface area contributed by atoms with Gasteiger partial charge in [0.05, 0.1) is 25.2 Å². The molecule has 0 aromatic rings. The average Bonchev–Trinajstić information content (AvgIpc) is 3.22. The summed E-state index contributed by atoms with van der Waals surface area (Å²) in [6.45, 7) is 6.26.